The molecule has 0 aromatic heterocycles. The van der Waals surface area contributed by atoms with Crippen LogP contribution in [0.25, 0.3) is 0 Å². The van der Waals surface area contributed by atoms with Crippen LogP contribution in [-0.2, 0) is 0 Å². The lowest BCUT2D eigenvalue weighted by Gasteiger charge is -2.42. The van der Waals surface area contributed by atoms with E-state index in [0.29, 0.717) is 5.75 Å². The molecular weight excluding hydrogens is 488 g/mol. The summed E-state index contributed by atoms with van der Waals surface area (Å²) in [5.74, 6) is 0.597. The molecule has 0 radical (unpaired) electrons. The molecule has 1 N–H and O–H groups in total. The number of nitrogens with zero attached hydrogens (tertiary/aromatic N) is 1. The van der Waals surface area contributed by atoms with Gasteiger partial charge in [-0.15, -0.1) is 17.0 Å². The van der Waals surface area contributed by atoms with Crippen LogP contribution < -0.4 is 5.32 Å². The number of nitrogens with one attached hydrogen (secondary N) is 1. The molecule has 3 aliphatic rings. The third-order valence-corrected chi connectivity index (χ3v) is 7.19. The van der Waals surface area contributed by atoms with Crippen LogP contribution in [0.3, 0.4) is 0 Å². The molecule has 1 aliphatic heterocycles. The average Bonchev–Trinajstić information content (AvgIpc) is 2.67. The van der Waals surface area contributed by atoms with E-state index in [0.717, 1.165) is 21.6 Å². The predicted molar refractivity (Wildman–Crippen MR) is 123 cm³/mol. The van der Waals surface area contributed by atoms with Gasteiger partial charge in [0.05, 0.1) is 11.3 Å². The minimum Gasteiger partial charge on any atom is -0.339 e. The van der Waals surface area contributed by atoms with Gasteiger partial charge in [-0.25, -0.2) is 0 Å². The molecule has 0 bridgehead atoms. The molecule has 2 aliphatic carbocycles. The molecule has 1 spiro atoms. The number of carbonyl (C=O) groups excluding carboxylic acids is 1. The summed E-state index contributed by atoms with van der Waals surface area (Å²) >= 11 is 4.99. The molecule has 0 atom stereocenters. The summed E-state index contributed by atoms with van der Waals surface area (Å²) < 4.78 is 0.996. The van der Waals surface area contributed by atoms with Crippen LogP contribution >= 0.6 is 44.7 Å². The van der Waals surface area contributed by atoms with Gasteiger partial charge in [-0.2, -0.15) is 0 Å². The number of hydrogen-bond donors (Lipinski definition) is 1. The van der Waals surface area contributed by atoms with Crippen molar-refractivity contribution in [1.82, 2.24) is 5.32 Å². The first-order valence-electron chi connectivity index (χ1n) is 9.67. The lowest BCUT2D eigenvalue weighted by Crippen LogP contribution is -2.43. The minimum atomic E-state index is 0. The molecule has 1 heterocycles. The van der Waals surface area contributed by atoms with E-state index in [4.69, 9.17) is 4.99 Å². The highest BCUT2D eigenvalue weighted by Gasteiger charge is 2.40. The molecule has 6 heteroatoms. The van der Waals surface area contributed by atoms with Gasteiger partial charge < -0.3 is 5.32 Å². The van der Waals surface area contributed by atoms with Gasteiger partial charge in [0.2, 0.25) is 0 Å². The van der Waals surface area contributed by atoms with E-state index in [1.807, 2.05) is 24.3 Å². The highest BCUT2D eigenvalue weighted by Crippen LogP contribution is 2.45. The van der Waals surface area contributed by atoms with E-state index in [-0.39, 0.29) is 28.3 Å². The molecule has 0 amide bonds. The average molecular weight is 514 g/mol. The largest absolute Gasteiger partial charge is 0.339 e. The maximum atomic E-state index is 12.5. The summed E-state index contributed by atoms with van der Waals surface area (Å²) in [7, 11) is 0. The monoisotopic (exact) mass is 512 g/mol. The van der Waals surface area contributed by atoms with E-state index in [1.165, 1.54) is 57.1 Å². The zero-order valence-corrected chi connectivity index (χ0v) is 19.5. The Kier molecular flexibility index (Phi) is 7.25. The van der Waals surface area contributed by atoms with Crippen LogP contribution in [0.15, 0.2) is 45.0 Å². The first-order chi connectivity index (χ1) is 12.7. The summed E-state index contributed by atoms with van der Waals surface area (Å²) in [6.45, 7) is 0. The molecule has 146 valence electrons. The van der Waals surface area contributed by atoms with E-state index < -0.39 is 0 Å². The van der Waals surface area contributed by atoms with E-state index in [2.05, 4.69) is 21.2 Å². The Labute approximate surface area is 184 Å². The highest BCUT2D eigenvalue weighted by atomic mass is 79.9. The molecular formula is C21H26Br2N2OS. The lowest BCUT2D eigenvalue weighted by molar-refractivity contribution is 0.102. The van der Waals surface area contributed by atoms with Crippen LogP contribution in [0, 0.1) is 0 Å². The fraction of sp³-hybridized carbons (Fsp3) is 0.524. The lowest BCUT2D eigenvalue weighted by atomic mass is 9.72. The van der Waals surface area contributed by atoms with Crippen LogP contribution in [0.1, 0.15) is 68.1 Å². The first kappa shape index (κ1) is 21.1. The van der Waals surface area contributed by atoms with Crippen LogP contribution in [-0.4, -0.2) is 22.2 Å². The number of benzene rings is 1. The number of ketones is 1. The summed E-state index contributed by atoms with van der Waals surface area (Å²) in [5.41, 5.74) is 3.78. The number of allylic oxidation sites excluding steroid dienone is 1. The summed E-state index contributed by atoms with van der Waals surface area (Å²) in [6.07, 6.45) is 11.1. The number of carbonyl (C=O) groups is 1. The SMILES string of the molecule is Br.O=C(CSC1=NC2(CCCCC2)C2=C(CCCC2)N1)c1ccc(Br)cc1. The van der Waals surface area contributed by atoms with E-state index in [9.17, 15) is 4.79 Å². The van der Waals surface area contributed by atoms with E-state index >= 15 is 0 Å². The van der Waals surface area contributed by atoms with Gasteiger partial charge in [-0.3, -0.25) is 9.79 Å². The van der Waals surface area contributed by atoms with Crippen molar-refractivity contribution in [2.24, 2.45) is 4.99 Å². The predicted octanol–water partition coefficient (Wildman–Crippen LogP) is 6.43. The van der Waals surface area contributed by atoms with Crippen molar-refractivity contribution in [2.75, 3.05) is 5.75 Å². The Morgan fingerprint density at radius 3 is 2.52 bits per heavy atom. The van der Waals surface area contributed by atoms with Crippen molar-refractivity contribution in [2.45, 2.75) is 63.3 Å². The normalized spacial score (nSPS) is 21.0. The third-order valence-electron chi connectivity index (χ3n) is 5.79. The van der Waals surface area contributed by atoms with E-state index in [1.54, 1.807) is 17.3 Å². The van der Waals surface area contributed by atoms with Gasteiger partial charge in [-0.05, 0) is 56.2 Å². The van der Waals surface area contributed by atoms with Crippen molar-refractivity contribution < 1.29 is 4.79 Å². The number of Topliss-reactive ketones (excluding diaryl/α,β-unsaturated/α-hetero) is 1. The molecule has 0 saturated heterocycles. The summed E-state index contributed by atoms with van der Waals surface area (Å²) in [4.78, 5) is 17.7. The van der Waals surface area contributed by atoms with Gasteiger partial charge in [0.1, 0.15) is 0 Å². The minimum absolute atomic E-state index is 0. The molecule has 0 unspecified atom stereocenters. The van der Waals surface area contributed by atoms with Crippen molar-refractivity contribution >= 4 is 55.6 Å². The molecule has 3 nitrogen and oxygen atoms in total. The first-order valence-corrected chi connectivity index (χ1v) is 11.5. The molecule has 1 saturated carbocycles. The molecule has 1 fully saturated rings. The second kappa shape index (κ2) is 9.27. The number of thioether (sulfide) groups is 1. The number of aliphatic imine (C=N–C) groups is 1. The topological polar surface area (TPSA) is 41.5 Å². The Hall–Kier alpha value is -0.590. The standard InChI is InChI=1S/C21H25BrN2OS.BrH/c22-16-10-8-15(9-11-16)19(25)14-26-20-23-18-7-3-2-6-17(18)21(24-20)12-4-1-5-13-21;/h8-11H,1-7,12-14H2,(H,23,24);1H. The molecule has 4 rings (SSSR count). The van der Waals surface area contributed by atoms with Gasteiger partial charge >= 0.3 is 0 Å². The molecule has 1 aromatic carbocycles. The van der Waals surface area contributed by atoms with Crippen molar-refractivity contribution in [3.8, 4) is 0 Å². The quantitative estimate of drug-likeness (QED) is 0.473. The highest BCUT2D eigenvalue weighted by molar-refractivity contribution is 9.10. The third kappa shape index (κ3) is 4.70. The van der Waals surface area contributed by atoms with Gasteiger partial charge in [0.15, 0.2) is 11.0 Å². The number of fused-ring (bicyclic) bond motifs is 1. The van der Waals surface area contributed by atoms with Gasteiger partial charge in [0.25, 0.3) is 0 Å². The maximum absolute atomic E-state index is 12.5. The number of rotatable bonds is 3. The Morgan fingerprint density at radius 1 is 1.07 bits per heavy atom. The summed E-state index contributed by atoms with van der Waals surface area (Å²) in [6, 6.07) is 7.61. The zero-order chi connectivity index (χ0) is 18.0. The number of hydrogen-bond acceptors (Lipinski definition) is 4. The van der Waals surface area contributed by atoms with Crippen molar-refractivity contribution in [3.63, 3.8) is 0 Å². The van der Waals surface area contributed by atoms with Crippen LogP contribution in [0.5, 0.6) is 0 Å². The Morgan fingerprint density at radius 2 is 1.78 bits per heavy atom. The van der Waals surface area contributed by atoms with Gasteiger partial charge in [-0.1, -0.05) is 59.1 Å². The van der Waals surface area contributed by atoms with Crippen molar-refractivity contribution in [3.05, 3.63) is 45.6 Å². The Balaban J connectivity index is 0.00000210. The second-order valence-corrected chi connectivity index (χ2v) is 9.40. The molecule has 27 heavy (non-hydrogen) atoms. The number of amidine groups is 1. The molecule has 1 aromatic rings. The Bertz CT molecular complexity index is 752. The number of halogens is 2. The maximum Gasteiger partial charge on any atom is 0.173 e. The fourth-order valence-corrected chi connectivity index (χ4v) is 5.58. The van der Waals surface area contributed by atoms with Crippen molar-refractivity contribution in [1.29, 1.82) is 0 Å². The summed E-state index contributed by atoms with van der Waals surface area (Å²) in [5, 5.41) is 4.53. The second-order valence-electron chi connectivity index (χ2n) is 7.52. The van der Waals surface area contributed by atoms with Gasteiger partial charge in [0, 0.05) is 15.7 Å². The fourth-order valence-electron chi connectivity index (χ4n) is 4.45. The zero-order valence-electron chi connectivity index (χ0n) is 15.4. The van der Waals surface area contributed by atoms with Crippen LogP contribution in [0.4, 0.5) is 0 Å². The van der Waals surface area contributed by atoms with Crippen LogP contribution in [0.2, 0.25) is 0 Å². The smallest absolute Gasteiger partial charge is 0.173 e.